The second-order valence-corrected chi connectivity index (χ2v) is 7.22. The van der Waals surface area contributed by atoms with E-state index in [4.69, 9.17) is 4.74 Å². The fourth-order valence-electron chi connectivity index (χ4n) is 4.07. The highest BCUT2D eigenvalue weighted by Gasteiger charge is 2.46. The first-order valence-electron chi connectivity index (χ1n) is 9.21. The van der Waals surface area contributed by atoms with Gasteiger partial charge in [-0.3, -0.25) is 4.79 Å². The summed E-state index contributed by atoms with van der Waals surface area (Å²) < 4.78 is 5.34. The van der Waals surface area contributed by atoms with E-state index >= 15 is 0 Å². The van der Waals surface area contributed by atoms with Crippen molar-refractivity contribution in [3.05, 3.63) is 35.9 Å². The van der Waals surface area contributed by atoms with Crippen LogP contribution >= 0.6 is 0 Å². The van der Waals surface area contributed by atoms with Crippen molar-refractivity contribution in [2.45, 2.75) is 31.3 Å². The highest BCUT2D eigenvalue weighted by molar-refractivity contribution is 5.95. The van der Waals surface area contributed by atoms with Crippen LogP contribution in [0.4, 0.5) is 4.79 Å². The highest BCUT2D eigenvalue weighted by Crippen LogP contribution is 2.33. The summed E-state index contributed by atoms with van der Waals surface area (Å²) in [5.74, 6) is 0.605. The molecular formula is C19H25N3O3. The van der Waals surface area contributed by atoms with E-state index in [0.29, 0.717) is 12.5 Å². The van der Waals surface area contributed by atoms with Crippen LogP contribution in [0.15, 0.2) is 30.3 Å². The third-order valence-corrected chi connectivity index (χ3v) is 5.67. The van der Waals surface area contributed by atoms with Gasteiger partial charge >= 0.3 is 6.03 Å². The summed E-state index contributed by atoms with van der Waals surface area (Å²) in [4.78, 5) is 29.0. The molecule has 0 radical (unpaired) electrons. The lowest BCUT2D eigenvalue weighted by atomic mass is 9.82. The van der Waals surface area contributed by atoms with E-state index in [9.17, 15) is 9.59 Å². The Labute approximate surface area is 148 Å². The third-order valence-electron chi connectivity index (χ3n) is 5.67. The van der Waals surface area contributed by atoms with Crippen LogP contribution in [-0.2, 0) is 4.74 Å². The summed E-state index contributed by atoms with van der Waals surface area (Å²) in [5.41, 5.74) is 0.727. The van der Waals surface area contributed by atoms with Gasteiger partial charge in [0.2, 0.25) is 0 Å². The molecule has 0 saturated carbocycles. The molecule has 1 N–H and O–H groups in total. The average molecular weight is 343 g/mol. The van der Waals surface area contributed by atoms with Crippen LogP contribution in [0.1, 0.15) is 29.6 Å². The molecule has 3 saturated heterocycles. The monoisotopic (exact) mass is 343 g/mol. The molecule has 3 aliphatic rings. The fraction of sp³-hybridized carbons (Fsp3) is 0.579. The maximum Gasteiger partial charge on any atom is 0.317 e. The molecule has 0 bridgehead atoms. The van der Waals surface area contributed by atoms with Gasteiger partial charge in [0.15, 0.2) is 0 Å². The minimum atomic E-state index is 0.00404. The van der Waals surface area contributed by atoms with Gasteiger partial charge in [0.1, 0.15) is 0 Å². The van der Waals surface area contributed by atoms with E-state index in [1.54, 1.807) is 0 Å². The van der Waals surface area contributed by atoms with Crippen LogP contribution in [0, 0.1) is 5.92 Å². The van der Waals surface area contributed by atoms with Gasteiger partial charge in [0, 0.05) is 50.4 Å². The summed E-state index contributed by atoms with van der Waals surface area (Å²) in [7, 11) is 0. The standard InChI is InChI=1S/C19H25N3O3/c23-18(14-4-2-1-3-5-14)22-12-15-6-9-21(13-17(15)22)19(24)20-16-7-10-25-11-8-16/h1-5,15-17H,6-13H2,(H,20,24)/t15-,17-/m1/s1. The summed E-state index contributed by atoms with van der Waals surface area (Å²) in [6.07, 6.45) is 2.74. The first-order chi connectivity index (χ1) is 12.2. The number of amides is 3. The molecule has 1 aromatic carbocycles. The van der Waals surface area contributed by atoms with Crippen LogP contribution in [-0.4, -0.2) is 66.7 Å². The second-order valence-electron chi connectivity index (χ2n) is 7.22. The molecular weight excluding hydrogens is 318 g/mol. The zero-order valence-corrected chi connectivity index (χ0v) is 14.4. The first kappa shape index (κ1) is 16.4. The number of urea groups is 1. The Morgan fingerprint density at radius 2 is 1.80 bits per heavy atom. The number of hydrogen-bond donors (Lipinski definition) is 1. The summed E-state index contributed by atoms with van der Waals surface area (Å²) in [6.45, 7) is 3.67. The fourth-order valence-corrected chi connectivity index (χ4v) is 4.07. The number of carbonyl (C=O) groups excluding carboxylic acids is 2. The van der Waals surface area contributed by atoms with E-state index in [1.165, 1.54) is 0 Å². The minimum absolute atomic E-state index is 0.00404. The maximum absolute atomic E-state index is 12.7. The van der Waals surface area contributed by atoms with Gasteiger partial charge in [-0.1, -0.05) is 18.2 Å². The van der Waals surface area contributed by atoms with Crippen molar-refractivity contribution in [3.63, 3.8) is 0 Å². The predicted octanol–water partition coefficient (Wildman–Crippen LogP) is 1.72. The van der Waals surface area contributed by atoms with Gasteiger partial charge in [-0.25, -0.2) is 4.79 Å². The Balaban J connectivity index is 1.35. The Morgan fingerprint density at radius 3 is 2.56 bits per heavy atom. The van der Waals surface area contributed by atoms with Crippen molar-refractivity contribution in [2.75, 3.05) is 32.8 Å². The summed E-state index contributed by atoms with van der Waals surface area (Å²) in [5, 5.41) is 3.13. The van der Waals surface area contributed by atoms with Crippen molar-refractivity contribution in [3.8, 4) is 0 Å². The smallest absolute Gasteiger partial charge is 0.317 e. The summed E-state index contributed by atoms with van der Waals surface area (Å²) in [6, 6.07) is 9.77. The molecule has 6 heteroatoms. The number of ether oxygens (including phenoxy) is 1. The van der Waals surface area contributed by atoms with Gasteiger partial charge in [0.05, 0.1) is 6.04 Å². The molecule has 0 spiro atoms. The number of fused-ring (bicyclic) bond motifs is 1. The Morgan fingerprint density at radius 1 is 1.04 bits per heavy atom. The maximum atomic E-state index is 12.7. The van der Waals surface area contributed by atoms with E-state index in [2.05, 4.69) is 5.32 Å². The Bertz CT molecular complexity index is 630. The van der Waals surface area contributed by atoms with Gasteiger partial charge in [0.25, 0.3) is 5.91 Å². The Kier molecular flexibility index (Phi) is 4.61. The average Bonchev–Trinajstić information content (AvgIpc) is 2.64. The van der Waals surface area contributed by atoms with Crippen molar-refractivity contribution in [1.82, 2.24) is 15.1 Å². The van der Waals surface area contributed by atoms with Gasteiger partial charge in [-0.15, -0.1) is 0 Å². The lowest BCUT2D eigenvalue weighted by molar-refractivity contribution is -0.0196. The molecule has 3 amide bonds. The number of nitrogens with zero attached hydrogens (tertiary/aromatic N) is 2. The zero-order valence-electron chi connectivity index (χ0n) is 14.4. The number of rotatable bonds is 2. The van der Waals surface area contributed by atoms with E-state index in [1.807, 2.05) is 40.1 Å². The number of carbonyl (C=O) groups is 2. The van der Waals surface area contributed by atoms with Gasteiger partial charge in [-0.05, 0) is 31.4 Å². The lowest BCUT2D eigenvalue weighted by Crippen LogP contribution is -2.67. The molecule has 25 heavy (non-hydrogen) atoms. The molecule has 6 nitrogen and oxygen atoms in total. The van der Waals surface area contributed by atoms with Crippen LogP contribution in [0.3, 0.4) is 0 Å². The molecule has 3 fully saturated rings. The molecule has 0 unspecified atom stereocenters. The summed E-state index contributed by atoms with van der Waals surface area (Å²) >= 11 is 0. The van der Waals surface area contributed by atoms with Gasteiger partial charge < -0.3 is 19.9 Å². The minimum Gasteiger partial charge on any atom is -0.381 e. The van der Waals surface area contributed by atoms with Crippen molar-refractivity contribution >= 4 is 11.9 Å². The third kappa shape index (κ3) is 3.35. The number of nitrogens with one attached hydrogen (secondary N) is 1. The van der Waals surface area contributed by atoms with Crippen LogP contribution in [0.2, 0.25) is 0 Å². The normalized spacial score (nSPS) is 26.6. The quantitative estimate of drug-likeness (QED) is 0.889. The first-order valence-corrected chi connectivity index (χ1v) is 9.21. The molecule has 4 rings (SSSR count). The second kappa shape index (κ2) is 7.04. The Hall–Kier alpha value is -2.08. The molecule has 1 aromatic rings. The molecule has 3 aliphatic heterocycles. The number of hydrogen-bond acceptors (Lipinski definition) is 3. The van der Waals surface area contributed by atoms with Crippen LogP contribution in [0.5, 0.6) is 0 Å². The molecule has 0 aliphatic carbocycles. The highest BCUT2D eigenvalue weighted by atomic mass is 16.5. The molecule has 0 aromatic heterocycles. The lowest BCUT2D eigenvalue weighted by Gasteiger charge is -2.53. The topological polar surface area (TPSA) is 61.9 Å². The van der Waals surface area contributed by atoms with Crippen LogP contribution in [0.25, 0.3) is 0 Å². The van der Waals surface area contributed by atoms with Crippen molar-refractivity contribution in [2.24, 2.45) is 5.92 Å². The van der Waals surface area contributed by atoms with Crippen molar-refractivity contribution < 1.29 is 14.3 Å². The number of piperidine rings is 1. The van der Waals surface area contributed by atoms with Crippen LogP contribution < -0.4 is 5.32 Å². The van der Waals surface area contributed by atoms with E-state index < -0.39 is 0 Å². The molecule has 3 heterocycles. The molecule has 134 valence electrons. The SMILES string of the molecule is O=C(NC1CCOCC1)N1CC[C@@H]2CN(C(=O)c3ccccc3)[C@@H]2C1. The van der Waals surface area contributed by atoms with Crippen molar-refractivity contribution in [1.29, 1.82) is 0 Å². The van der Waals surface area contributed by atoms with E-state index in [-0.39, 0.29) is 24.0 Å². The predicted molar refractivity (Wildman–Crippen MR) is 93.3 cm³/mol. The number of likely N-dealkylation sites (tertiary alicyclic amines) is 2. The van der Waals surface area contributed by atoms with E-state index in [0.717, 1.165) is 51.1 Å². The number of benzene rings is 1. The largest absolute Gasteiger partial charge is 0.381 e. The zero-order chi connectivity index (χ0) is 17.2. The molecule has 2 atom stereocenters. The van der Waals surface area contributed by atoms with Gasteiger partial charge in [-0.2, -0.15) is 0 Å².